The van der Waals surface area contributed by atoms with Gasteiger partial charge in [-0.2, -0.15) is 0 Å². The van der Waals surface area contributed by atoms with Gasteiger partial charge in [0.25, 0.3) is 5.91 Å². The molecule has 1 amide bonds. The predicted molar refractivity (Wildman–Crippen MR) is 132 cm³/mol. The van der Waals surface area contributed by atoms with E-state index in [1.54, 1.807) is 6.07 Å². The molecule has 0 aromatic heterocycles. The molecule has 1 aliphatic heterocycles. The second kappa shape index (κ2) is 10.5. The van der Waals surface area contributed by atoms with Crippen LogP contribution < -0.4 is 0 Å². The summed E-state index contributed by atoms with van der Waals surface area (Å²) in [6, 6.07) is 15.2. The number of morpholine rings is 1. The van der Waals surface area contributed by atoms with E-state index in [-0.39, 0.29) is 18.4 Å². The maximum atomic E-state index is 13.5. The molecule has 5 nitrogen and oxygen atoms in total. The zero-order chi connectivity index (χ0) is 22.7. The van der Waals surface area contributed by atoms with Gasteiger partial charge in [0.15, 0.2) is 0 Å². The van der Waals surface area contributed by atoms with E-state index >= 15 is 0 Å². The minimum Gasteiger partial charge on any atom is -0.481 e. The SMILES string of the molecule is O=C(O)C[C@H]1O[C@H](c2cccc(Cl)c2)[C@H](c2ccc(I)cc2)N(CC2CCCCC2)C1=O. The number of aliphatic carboxylic acids is 1. The minimum absolute atomic E-state index is 0.236. The van der Waals surface area contributed by atoms with Gasteiger partial charge < -0.3 is 14.7 Å². The molecule has 3 atom stereocenters. The largest absolute Gasteiger partial charge is 0.481 e. The Hall–Kier alpha value is -1.64. The van der Waals surface area contributed by atoms with Crippen LogP contribution in [-0.4, -0.2) is 34.5 Å². The molecule has 0 radical (unpaired) electrons. The van der Waals surface area contributed by atoms with Gasteiger partial charge in [-0.05, 0) is 76.7 Å². The fourth-order valence-corrected chi connectivity index (χ4v) is 5.46. The maximum absolute atomic E-state index is 13.5. The topological polar surface area (TPSA) is 66.8 Å². The van der Waals surface area contributed by atoms with Crippen molar-refractivity contribution in [1.82, 2.24) is 4.90 Å². The highest BCUT2D eigenvalue weighted by atomic mass is 127. The summed E-state index contributed by atoms with van der Waals surface area (Å²) in [4.78, 5) is 27.0. The van der Waals surface area contributed by atoms with Crippen molar-refractivity contribution in [2.24, 2.45) is 5.92 Å². The van der Waals surface area contributed by atoms with E-state index in [0.29, 0.717) is 17.5 Å². The van der Waals surface area contributed by atoms with E-state index < -0.39 is 18.2 Å². The molecule has 7 heteroatoms. The third-order valence-corrected chi connectivity index (χ3v) is 7.37. The first-order valence-electron chi connectivity index (χ1n) is 11.1. The smallest absolute Gasteiger partial charge is 0.306 e. The number of hydrogen-bond acceptors (Lipinski definition) is 3. The average Bonchev–Trinajstić information content (AvgIpc) is 2.77. The first-order valence-corrected chi connectivity index (χ1v) is 12.6. The number of halogens is 2. The molecule has 1 saturated carbocycles. The molecule has 2 fully saturated rings. The molecule has 2 aromatic carbocycles. The lowest BCUT2D eigenvalue weighted by molar-refractivity contribution is -0.180. The second-order valence-corrected chi connectivity index (χ2v) is 10.4. The number of amides is 1. The fraction of sp³-hybridized carbons (Fsp3) is 0.440. The van der Waals surface area contributed by atoms with E-state index in [1.165, 1.54) is 19.3 Å². The molecule has 0 unspecified atom stereocenters. The third-order valence-electron chi connectivity index (χ3n) is 6.42. The van der Waals surface area contributed by atoms with Crippen molar-refractivity contribution in [1.29, 1.82) is 0 Å². The molecule has 170 valence electrons. The van der Waals surface area contributed by atoms with E-state index in [0.717, 1.165) is 27.5 Å². The average molecular weight is 568 g/mol. The summed E-state index contributed by atoms with van der Waals surface area (Å²) < 4.78 is 7.34. The van der Waals surface area contributed by atoms with Crippen LogP contribution in [0.5, 0.6) is 0 Å². The van der Waals surface area contributed by atoms with E-state index in [1.807, 2.05) is 47.4 Å². The van der Waals surface area contributed by atoms with Crippen molar-refractivity contribution in [2.75, 3.05) is 6.54 Å². The lowest BCUT2D eigenvalue weighted by Crippen LogP contribution is -2.52. The standard InChI is InChI=1S/C25H27ClINO4/c26-19-8-4-7-18(13-19)24-23(17-9-11-20(27)12-10-17)28(15-16-5-2-1-3-6-16)25(31)21(32-24)14-22(29)30/h4,7-13,16,21,23-24H,1-3,5-6,14-15H2,(H,29,30)/t21-,23+,24-/m1/s1. The first-order chi connectivity index (χ1) is 15.4. The van der Waals surface area contributed by atoms with Crippen LogP contribution >= 0.6 is 34.2 Å². The molecule has 32 heavy (non-hydrogen) atoms. The van der Waals surface area contributed by atoms with Crippen molar-refractivity contribution < 1.29 is 19.4 Å². The Bertz CT molecular complexity index is 961. The van der Waals surface area contributed by atoms with Gasteiger partial charge >= 0.3 is 5.97 Å². The molecule has 2 aromatic rings. The van der Waals surface area contributed by atoms with Gasteiger partial charge in [-0.1, -0.05) is 55.1 Å². The molecular formula is C25H27ClINO4. The zero-order valence-corrected chi connectivity index (χ0v) is 20.7. The van der Waals surface area contributed by atoms with Crippen LogP contribution in [0.2, 0.25) is 5.02 Å². The summed E-state index contributed by atoms with van der Waals surface area (Å²) in [6.07, 6.45) is 3.91. The van der Waals surface area contributed by atoms with Crippen molar-refractivity contribution in [3.63, 3.8) is 0 Å². The van der Waals surface area contributed by atoms with Gasteiger partial charge in [0.05, 0.1) is 12.5 Å². The van der Waals surface area contributed by atoms with Crippen LogP contribution in [0, 0.1) is 9.49 Å². The van der Waals surface area contributed by atoms with Gasteiger partial charge in [0.2, 0.25) is 0 Å². The summed E-state index contributed by atoms with van der Waals surface area (Å²) >= 11 is 8.55. The number of benzene rings is 2. The van der Waals surface area contributed by atoms with Crippen molar-refractivity contribution in [2.45, 2.75) is 56.8 Å². The van der Waals surface area contributed by atoms with Crippen LogP contribution in [-0.2, 0) is 14.3 Å². The lowest BCUT2D eigenvalue weighted by Gasteiger charge is -2.46. The molecular weight excluding hydrogens is 541 g/mol. The normalized spacial score (nSPS) is 24.5. The van der Waals surface area contributed by atoms with Gasteiger partial charge in [0.1, 0.15) is 12.2 Å². The second-order valence-electron chi connectivity index (χ2n) is 8.69. The van der Waals surface area contributed by atoms with Gasteiger partial charge in [0, 0.05) is 15.1 Å². The van der Waals surface area contributed by atoms with E-state index in [4.69, 9.17) is 16.3 Å². The summed E-state index contributed by atoms with van der Waals surface area (Å²) in [6.45, 7) is 0.617. The molecule has 0 spiro atoms. The Morgan fingerprint density at radius 2 is 1.81 bits per heavy atom. The van der Waals surface area contributed by atoms with E-state index in [2.05, 4.69) is 22.6 Å². The van der Waals surface area contributed by atoms with Crippen LogP contribution in [0.3, 0.4) is 0 Å². The summed E-state index contributed by atoms with van der Waals surface area (Å²) in [5, 5.41) is 10.0. The number of nitrogens with zero attached hydrogens (tertiary/aromatic N) is 1. The highest BCUT2D eigenvalue weighted by Gasteiger charge is 2.45. The Labute approximate surface area is 207 Å². The monoisotopic (exact) mass is 567 g/mol. The van der Waals surface area contributed by atoms with Gasteiger partial charge in [-0.25, -0.2) is 0 Å². The quantitative estimate of drug-likeness (QED) is 0.434. The highest BCUT2D eigenvalue weighted by molar-refractivity contribution is 14.1. The minimum atomic E-state index is -1.04. The van der Waals surface area contributed by atoms with E-state index in [9.17, 15) is 14.7 Å². The fourth-order valence-electron chi connectivity index (χ4n) is 4.90. The molecule has 2 aliphatic rings. The number of carbonyl (C=O) groups excluding carboxylic acids is 1. The molecule has 0 bridgehead atoms. The number of carbonyl (C=O) groups is 2. The van der Waals surface area contributed by atoms with Crippen LogP contribution in [0.4, 0.5) is 0 Å². The summed E-state index contributed by atoms with van der Waals surface area (Å²) in [5.74, 6) is -0.860. The van der Waals surface area contributed by atoms with Crippen molar-refractivity contribution >= 4 is 46.1 Å². The van der Waals surface area contributed by atoms with Crippen LogP contribution in [0.25, 0.3) is 0 Å². The van der Waals surface area contributed by atoms with Gasteiger partial charge in [-0.15, -0.1) is 0 Å². The molecule has 1 saturated heterocycles. The molecule has 1 N–H and O–H groups in total. The first kappa shape index (κ1) is 23.5. The lowest BCUT2D eigenvalue weighted by atomic mass is 9.86. The van der Waals surface area contributed by atoms with Crippen LogP contribution in [0.15, 0.2) is 48.5 Å². The zero-order valence-electron chi connectivity index (χ0n) is 17.8. The van der Waals surface area contributed by atoms with Gasteiger partial charge in [-0.3, -0.25) is 9.59 Å². The summed E-state index contributed by atoms with van der Waals surface area (Å²) in [5.41, 5.74) is 1.82. The van der Waals surface area contributed by atoms with Crippen molar-refractivity contribution in [3.05, 3.63) is 68.3 Å². The van der Waals surface area contributed by atoms with Crippen molar-refractivity contribution in [3.8, 4) is 0 Å². The number of ether oxygens (including phenoxy) is 1. The Kier molecular flexibility index (Phi) is 7.74. The molecule has 1 heterocycles. The van der Waals surface area contributed by atoms with Crippen LogP contribution in [0.1, 0.15) is 61.8 Å². The molecule has 4 rings (SSSR count). The molecule has 1 aliphatic carbocycles. The summed E-state index contributed by atoms with van der Waals surface area (Å²) in [7, 11) is 0. The maximum Gasteiger partial charge on any atom is 0.306 e. The predicted octanol–water partition coefficient (Wildman–Crippen LogP) is 6.01. The Morgan fingerprint density at radius 1 is 1.09 bits per heavy atom. The Balaban J connectivity index is 1.77. The number of carboxylic acid groups (broad SMARTS) is 1. The Morgan fingerprint density at radius 3 is 2.47 bits per heavy atom. The number of hydrogen-bond donors (Lipinski definition) is 1. The number of carboxylic acids is 1. The highest BCUT2D eigenvalue weighted by Crippen LogP contribution is 2.44. The number of rotatable bonds is 6. The third kappa shape index (κ3) is 5.46.